The summed E-state index contributed by atoms with van der Waals surface area (Å²) in [5.41, 5.74) is 3.63. The van der Waals surface area contributed by atoms with Crippen LogP contribution < -0.4 is 9.62 Å². The van der Waals surface area contributed by atoms with Crippen molar-refractivity contribution in [2.45, 2.75) is 39.0 Å². The fraction of sp³-hybridized carbons (Fsp3) is 0.344. The Hall–Kier alpha value is -4.45. The summed E-state index contributed by atoms with van der Waals surface area (Å²) in [6, 6.07) is 9.01. The molecule has 10 nitrogen and oxygen atoms in total. The van der Waals surface area contributed by atoms with Crippen molar-refractivity contribution in [2.75, 3.05) is 37.7 Å². The van der Waals surface area contributed by atoms with Crippen LogP contribution in [0.3, 0.4) is 0 Å². The van der Waals surface area contributed by atoms with E-state index in [9.17, 15) is 22.4 Å². The van der Waals surface area contributed by atoms with Crippen molar-refractivity contribution in [3.8, 4) is 11.3 Å². The highest BCUT2D eigenvalue weighted by Gasteiger charge is 2.32. The maximum Gasteiger partial charge on any atom is 0.289 e. The van der Waals surface area contributed by atoms with E-state index in [0.717, 1.165) is 24.1 Å². The van der Waals surface area contributed by atoms with E-state index in [4.69, 9.17) is 4.42 Å². The third-order valence-corrected chi connectivity index (χ3v) is 9.22. The molecule has 12 heteroatoms. The maximum absolute atomic E-state index is 13.7. The maximum atomic E-state index is 13.7. The quantitative estimate of drug-likeness (QED) is 0.269. The van der Waals surface area contributed by atoms with Crippen LogP contribution in [0.1, 0.15) is 70.0 Å². The Labute approximate surface area is 256 Å². The zero-order valence-corrected chi connectivity index (χ0v) is 26.2. The number of aromatic nitrogens is 2. The fourth-order valence-corrected chi connectivity index (χ4v) is 6.14. The lowest BCUT2D eigenvalue weighted by Crippen LogP contribution is -2.40. The van der Waals surface area contributed by atoms with Gasteiger partial charge in [-0.05, 0) is 68.2 Å². The van der Waals surface area contributed by atoms with Gasteiger partial charge in [0.25, 0.3) is 11.8 Å². The van der Waals surface area contributed by atoms with Crippen LogP contribution in [0.25, 0.3) is 28.4 Å². The molecule has 1 aliphatic heterocycles. The number of aryl methyl sites for hydroxylation is 1. The minimum absolute atomic E-state index is 0.235. The number of allylic oxidation sites excluding steroid dienone is 1. The Balaban J connectivity index is 1.61. The highest BCUT2D eigenvalue weighted by Crippen LogP contribution is 2.42. The molecule has 0 spiro atoms. The van der Waals surface area contributed by atoms with Crippen molar-refractivity contribution in [2.24, 2.45) is 0 Å². The number of H-pyrrole nitrogens is 1. The molecule has 0 aliphatic carbocycles. The standard InChI is InChI=1S/C32H36FN5O5S/c1-6-7-10-25-19(2)35-30(36-25)32(40)38-15-8-9-21(18-38)23-16-24-27(17-26(23)37(4)44(5,41)42)43-29(28(24)31(39)34-3)20-11-13-22(33)14-12-20/h7,10-14,16-17,21H,6,8-9,15,18H2,1-5H3,(H,34,39)(H,35,36)/b10-7-/t21-/m1/s1. The highest BCUT2D eigenvalue weighted by atomic mass is 32.2. The molecule has 0 saturated carbocycles. The minimum atomic E-state index is -3.68. The molecule has 3 heterocycles. The lowest BCUT2D eigenvalue weighted by atomic mass is 9.88. The van der Waals surface area contributed by atoms with E-state index in [1.165, 1.54) is 42.7 Å². The van der Waals surface area contributed by atoms with Crippen LogP contribution in [0.4, 0.5) is 10.1 Å². The van der Waals surface area contributed by atoms with Gasteiger partial charge >= 0.3 is 0 Å². The first-order valence-electron chi connectivity index (χ1n) is 14.5. The van der Waals surface area contributed by atoms with Crippen molar-refractivity contribution >= 4 is 44.6 Å². The van der Waals surface area contributed by atoms with Crippen molar-refractivity contribution < 1.29 is 26.8 Å². The molecule has 1 saturated heterocycles. The number of nitrogens with zero attached hydrogens (tertiary/aromatic N) is 3. The van der Waals surface area contributed by atoms with Gasteiger partial charge in [0.1, 0.15) is 17.2 Å². The lowest BCUT2D eigenvalue weighted by Gasteiger charge is -2.34. The average Bonchev–Trinajstić information content (AvgIpc) is 3.57. The summed E-state index contributed by atoms with van der Waals surface area (Å²) in [4.78, 5) is 36.1. The Bertz CT molecular complexity index is 1860. The summed E-state index contributed by atoms with van der Waals surface area (Å²) in [5.74, 6) is -0.815. The third-order valence-electron chi connectivity index (χ3n) is 8.03. The first kappa shape index (κ1) is 31.0. The number of carbonyl (C=O) groups is 2. The molecule has 2 amide bonds. The minimum Gasteiger partial charge on any atom is -0.455 e. The van der Waals surface area contributed by atoms with Crippen LogP contribution in [0.5, 0.6) is 0 Å². The Kier molecular flexibility index (Phi) is 8.64. The van der Waals surface area contributed by atoms with E-state index in [1.807, 2.05) is 26.0 Å². The zero-order valence-electron chi connectivity index (χ0n) is 25.4. The number of sulfonamides is 1. The van der Waals surface area contributed by atoms with Gasteiger partial charge in [0, 0.05) is 50.1 Å². The van der Waals surface area contributed by atoms with Crippen molar-refractivity contribution in [3.63, 3.8) is 0 Å². The van der Waals surface area contributed by atoms with Gasteiger partial charge in [0.15, 0.2) is 5.82 Å². The predicted molar refractivity (Wildman–Crippen MR) is 169 cm³/mol. The van der Waals surface area contributed by atoms with E-state index >= 15 is 0 Å². The van der Waals surface area contributed by atoms with Crippen LogP contribution >= 0.6 is 0 Å². The molecule has 1 atom stereocenters. The number of hydrogen-bond donors (Lipinski definition) is 2. The number of halogens is 1. The van der Waals surface area contributed by atoms with Gasteiger partial charge in [0.2, 0.25) is 10.0 Å². The zero-order chi connectivity index (χ0) is 31.8. The summed E-state index contributed by atoms with van der Waals surface area (Å²) in [7, 11) is -0.710. The van der Waals surface area contributed by atoms with E-state index in [1.54, 1.807) is 17.0 Å². The summed E-state index contributed by atoms with van der Waals surface area (Å²) in [6.07, 6.45) is 7.26. The van der Waals surface area contributed by atoms with Crippen LogP contribution in [0.2, 0.25) is 0 Å². The van der Waals surface area contributed by atoms with E-state index in [0.29, 0.717) is 53.7 Å². The molecule has 0 unspecified atom stereocenters. The number of benzene rings is 2. The van der Waals surface area contributed by atoms with Crippen molar-refractivity contribution in [3.05, 3.63) is 76.6 Å². The van der Waals surface area contributed by atoms with Gasteiger partial charge in [-0.15, -0.1) is 0 Å². The largest absolute Gasteiger partial charge is 0.455 e. The lowest BCUT2D eigenvalue weighted by molar-refractivity contribution is 0.0695. The topological polar surface area (TPSA) is 129 Å². The summed E-state index contributed by atoms with van der Waals surface area (Å²) in [5, 5.41) is 3.14. The van der Waals surface area contributed by atoms with Gasteiger partial charge in [-0.2, -0.15) is 0 Å². The second-order valence-electron chi connectivity index (χ2n) is 11.0. The van der Waals surface area contributed by atoms with Crippen molar-refractivity contribution in [1.82, 2.24) is 20.2 Å². The monoisotopic (exact) mass is 621 g/mol. The highest BCUT2D eigenvalue weighted by molar-refractivity contribution is 7.92. The number of amides is 2. The number of anilines is 1. The molecule has 232 valence electrons. The predicted octanol–water partition coefficient (Wildman–Crippen LogP) is 5.47. The summed E-state index contributed by atoms with van der Waals surface area (Å²) in [6.45, 7) is 4.73. The molecule has 2 N–H and O–H groups in total. The number of aromatic amines is 1. The van der Waals surface area contributed by atoms with Crippen LogP contribution in [-0.2, 0) is 10.0 Å². The number of piperidine rings is 1. The van der Waals surface area contributed by atoms with Gasteiger partial charge in [0.05, 0.1) is 28.9 Å². The molecule has 44 heavy (non-hydrogen) atoms. The smallest absolute Gasteiger partial charge is 0.289 e. The van der Waals surface area contributed by atoms with Gasteiger partial charge in [-0.25, -0.2) is 17.8 Å². The number of likely N-dealkylation sites (tertiary alicyclic amines) is 1. The van der Waals surface area contributed by atoms with Crippen LogP contribution in [0.15, 0.2) is 46.9 Å². The SMILES string of the molecule is CC/C=C\c1[nH]c(C(=O)N2CCC[C@@H](c3cc4c(C(=O)NC)c(-c5ccc(F)cc5)oc4cc3N(C)S(C)(=O)=O)C2)nc1C. The van der Waals surface area contributed by atoms with Crippen molar-refractivity contribution in [1.29, 1.82) is 0 Å². The number of fused-ring (bicyclic) bond motifs is 1. The first-order valence-corrected chi connectivity index (χ1v) is 16.3. The molecule has 1 fully saturated rings. The average molecular weight is 622 g/mol. The Morgan fingerprint density at radius 3 is 2.64 bits per heavy atom. The van der Waals surface area contributed by atoms with Crippen LogP contribution in [0, 0.1) is 12.7 Å². The number of imidazole rings is 1. The number of rotatable bonds is 8. The molecule has 1 aliphatic rings. The molecule has 4 aromatic rings. The molecule has 2 aromatic heterocycles. The number of furan rings is 1. The fourth-order valence-electron chi connectivity index (χ4n) is 5.62. The molecular formula is C32H36FN5O5S. The Morgan fingerprint density at radius 1 is 1.25 bits per heavy atom. The van der Waals surface area contributed by atoms with Gasteiger partial charge < -0.3 is 19.6 Å². The molecule has 2 aromatic carbocycles. The second-order valence-corrected chi connectivity index (χ2v) is 13.0. The van der Waals surface area contributed by atoms with E-state index < -0.39 is 21.7 Å². The van der Waals surface area contributed by atoms with E-state index in [-0.39, 0.29) is 29.0 Å². The van der Waals surface area contributed by atoms with Gasteiger partial charge in [-0.3, -0.25) is 13.9 Å². The number of hydrogen-bond acceptors (Lipinski definition) is 6. The summed E-state index contributed by atoms with van der Waals surface area (Å²) < 4.78 is 46.6. The molecule has 0 radical (unpaired) electrons. The summed E-state index contributed by atoms with van der Waals surface area (Å²) >= 11 is 0. The normalized spacial score (nSPS) is 15.7. The molecule has 0 bridgehead atoms. The van der Waals surface area contributed by atoms with Gasteiger partial charge in [-0.1, -0.05) is 13.0 Å². The van der Waals surface area contributed by atoms with E-state index in [2.05, 4.69) is 15.3 Å². The third kappa shape index (κ3) is 5.99. The number of carbonyl (C=O) groups excluding carboxylic acids is 2. The second kappa shape index (κ2) is 12.3. The molecular weight excluding hydrogens is 585 g/mol. The Morgan fingerprint density at radius 2 is 1.98 bits per heavy atom. The molecule has 5 rings (SSSR count). The first-order chi connectivity index (χ1) is 20.9. The van der Waals surface area contributed by atoms with Crippen LogP contribution in [-0.4, -0.2) is 68.5 Å². The number of nitrogens with one attached hydrogen (secondary N) is 2.